The second kappa shape index (κ2) is 8.62. The van der Waals surface area contributed by atoms with Crippen molar-refractivity contribution in [2.75, 3.05) is 38.0 Å². The highest BCUT2D eigenvalue weighted by atomic mass is 16.2. The molecule has 0 bridgehead atoms. The van der Waals surface area contributed by atoms with Crippen LogP contribution in [0.1, 0.15) is 29.3 Å². The molecule has 0 aliphatic carbocycles. The number of nitrogens with one attached hydrogen (secondary N) is 1. The molecular formula is C20H26N4O. The van der Waals surface area contributed by atoms with Crippen LogP contribution >= 0.6 is 0 Å². The summed E-state index contributed by atoms with van der Waals surface area (Å²) in [4.78, 5) is 21.4. The first-order valence-corrected chi connectivity index (χ1v) is 9.01. The molecule has 0 saturated carbocycles. The molecule has 1 aromatic heterocycles. The summed E-state index contributed by atoms with van der Waals surface area (Å²) in [6, 6.07) is 14.1. The van der Waals surface area contributed by atoms with Gasteiger partial charge in [-0.2, -0.15) is 0 Å². The van der Waals surface area contributed by atoms with Crippen molar-refractivity contribution >= 4 is 11.7 Å². The molecule has 0 unspecified atom stereocenters. The fourth-order valence-corrected chi connectivity index (χ4v) is 3.05. The summed E-state index contributed by atoms with van der Waals surface area (Å²) in [5.41, 5.74) is 2.04. The number of hydrogen-bond acceptors (Lipinski definition) is 4. The first kappa shape index (κ1) is 17.4. The Hall–Kier alpha value is -2.40. The van der Waals surface area contributed by atoms with Crippen molar-refractivity contribution in [2.24, 2.45) is 0 Å². The van der Waals surface area contributed by atoms with E-state index in [1.165, 1.54) is 5.56 Å². The van der Waals surface area contributed by atoms with Crippen molar-refractivity contribution in [3.05, 3.63) is 59.8 Å². The molecular weight excluding hydrogens is 312 g/mol. The van der Waals surface area contributed by atoms with Crippen LogP contribution in [0.5, 0.6) is 0 Å². The number of carbonyl (C=O) groups excluding carboxylic acids is 1. The summed E-state index contributed by atoms with van der Waals surface area (Å²) in [5, 5.41) is 3.24. The summed E-state index contributed by atoms with van der Waals surface area (Å²) < 4.78 is 0. The molecule has 1 aliphatic heterocycles. The molecule has 1 saturated heterocycles. The molecule has 0 spiro atoms. The van der Waals surface area contributed by atoms with Crippen molar-refractivity contribution in [1.82, 2.24) is 14.8 Å². The fourth-order valence-electron chi connectivity index (χ4n) is 3.05. The average molecular weight is 338 g/mol. The van der Waals surface area contributed by atoms with E-state index in [1.807, 2.05) is 17.0 Å². The molecule has 1 N–H and O–H groups in total. The summed E-state index contributed by atoms with van der Waals surface area (Å²) >= 11 is 0. The minimum atomic E-state index is 0.0984. The van der Waals surface area contributed by atoms with Gasteiger partial charge >= 0.3 is 0 Å². The number of benzene rings is 1. The van der Waals surface area contributed by atoms with E-state index in [0.717, 1.165) is 51.5 Å². The van der Waals surface area contributed by atoms with Gasteiger partial charge in [-0.1, -0.05) is 37.3 Å². The van der Waals surface area contributed by atoms with E-state index in [2.05, 4.69) is 46.4 Å². The molecule has 0 atom stereocenters. The molecule has 5 heteroatoms. The number of pyridine rings is 1. The maximum Gasteiger partial charge on any atom is 0.254 e. The molecule has 1 amide bonds. The van der Waals surface area contributed by atoms with Crippen LogP contribution in [-0.2, 0) is 6.54 Å². The first-order chi connectivity index (χ1) is 12.3. The van der Waals surface area contributed by atoms with Crippen LogP contribution in [0.4, 0.5) is 5.82 Å². The van der Waals surface area contributed by atoms with Crippen molar-refractivity contribution < 1.29 is 4.79 Å². The van der Waals surface area contributed by atoms with E-state index in [-0.39, 0.29) is 5.91 Å². The van der Waals surface area contributed by atoms with Gasteiger partial charge in [-0.3, -0.25) is 9.69 Å². The van der Waals surface area contributed by atoms with E-state index in [1.54, 1.807) is 12.3 Å². The third-order valence-electron chi connectivity index (χ3n) is 4.47. The lowest BCUT2D eigenvalue weighted by Gasteiger charge is -2.34. The van der Waals surface area contributed by atoms with Crippen LogP contribution in [0, 0.1) is 0 Å². The minimum absolute atomic E-state index is 0.0984. The van der Waals surface area contributed by atoms with E-state index in [0.29, 0.717) is 5.56 Å². The molecule has 2 aromatic rings. The van der Waals surface area contributed by atoms with Gasteiger partial charge in [0.1, 0.15) is 5.82 Å². The number of anilines is 1. The average Bonchev–Trinajstić information content (AvgIpc) is 2.67. The van der Waals surface area contributed by atoms with Gasteiger partial charge in [0.2, 0.25) is 0 Å². The number of carbonyl (C=O) groups is 1. The van der Waals surface area contributed by atoms with Gasteiger partial charge in [0.25, 0.3) is 5.91 Å². The zero-order valence-corrected chi connectivity index (χ0v) is 14.8. The van der Waals surface area contributed by atoms with Crippen LogP contribution in [0.25, 0.3) is 0 Å². The van der Waals surface area contributed by atoms with Crippen LogP contribution in [-0.4, -0.2) is 53.4 Å². The standard InChI is InChI=1S/C20H26N4O/c1-2-9-21-19-15-18(8-10-22-19)20(25)24-13-11-23(12-14-24)16-17-6-4-3-5-7-17/h3-8,10,15H,2,9,11-14,16H2,1H3,(H,21,22). The zero-order valence-electron chi connectivity index (χ0n) is 14.8. The Morgan fingerprint density at radius 3 is 2.60 bits per heavy atom. The van der Waals surface area contributed by atoms with Gasteiger partial charge in [0.15, 0.2) is 0 Å². The molecule has 5 nitrogen and oxygen atoms in total. The maximum absolute atomic E-state index is 12.7. The van der Waals surface area contributed by atoms with Crippen molar-refractivity contribution in [2.45, 2.75) is 19.9 Å². The number of aromatic nitrogens is 1. The van der Waals surface area contributed by atoms with Gasteiger partial charge in [0.05, 0.1) is 0 Å². The second-order valence-corrected chi connectivity index (χ2v) is 6.41. The molecule has 1 fully saturated rings. The van der Waals surface area contributed by atoms with Crippen molar-refractivity contribution in [3.63, 3.8) is 0 Å². The quantitative estimate of drug-likeness (QED) is 0.880. The fraction of sp³-hybridized carbons (Fsp3) is 0.400. The Balaban J connectivity index is 1.54. The Labute approximate surface area is 149 Å². The van der Waals surface area contributed by atoms with E-state index >= 15 is 0 Å². The minimum Gasteiger partial charge on any atom is -0.370 e. The van der Waals surface area contributed by atoms with E-state index in [4.69, 9.17) is 0 Å². The molecule has 1 aliphatic rings. The molecule has 0 radical (unpaired) electrons. The Kier molecular flexibility index (Phi) is 6.01. The first-order valence-electron chi connectivity index (χ1n) is 9.01. The maximum atomic E-state index is 12.7. The van der Waals surface area contributed by atoms with Gasteiger partial charge in [-0.05, 0) is 24.1 Å². The Bertz CT molecular complexity index is 681. The smallest absolute Gasteiger partial charge is 0.254 e. The van der Waals surface area contributed by atoms with Gasteiger partial charge < -0.3 is 10.2 Å². The van der Waals surface area contributed by atoms with Crippen LogP contribution in [0.3, 0.4) is 0 Å². The number of hydrogen-bond donors (Lipinski definition) is 1. The van der Waals surface area contributed by atoms with Crippen molar-refractivity contribution in [1.29, 1.82) is 0 Å². The molecule has 1 aromatic carbocycles. The zero-order chi connectivity index (χ0) is 17.5. The largest absolute Gasteiger partial charge is 0.370 e. The normalized spacial score (nSPS) is 15.2. The SMILES string of the molecule is CCCNc1cc(C(=O)N2CCN(Cc3ccccc3)CC2)ccn1. The lowest BCUT2D eigenvalue weighted by atomic mass is 10.1. The Morgan fingerprint density at radius 1 is 1.12 bits per heavy atom. The highest BCUT2D eigenvalue weighted by Crippen LogP contribution is 2.13. The number of amides is 1. The van der Waals surface area contributed by atoms with Crippen LogP contribution in [0.15, 0.2) is 48.7 Å². The lowest BCUT2D eigenvalue weighted by molar-refractivity contribution is 0.0628. The van der Waals surface area contributed by atoms with Crippen LogP contribution in [0.2, 0.25) is 0 Å². The molecule has 132 valence electrons. The number of piperazine rings is 1. The molecule has 25 heavy (non-hydrogen) atoms. The third kappa shape index (κ3) is 4.79. The van der Waals surface area contributed by atoms with Gasteiger partial charge in [-0.15, -0.1) is 0 Å². The summed E-state index contributed by atoms with van der Waals surface area (Å²) in [5.74, 6) is 0.872. The van der Waals surface area contributed by atoms with Gasteiger partial charge in [0, 0.05) is 51.0 Å². The highest BCUT2D eigenvalue weighted by Gasteiger charge is 2.22. The second-order valence-electron chi connectivity index (χ2n) is 6.41. The highest BCUT2D eigenvalue weighted by molar-refractivity contribution is 5.94. The lowest BCUT2D eigenvalue weighted by Crippen LogP contribution is -2.48. The van der Waals surface area contributed by atoms with E-state index in [9.17, 15) is 4.79 Å². The Morgan fingerprint density at radius 2 is 1.88 bits per heavy atom. The third-order valence-corrected chi connectivity index (χ3v) is 4.47. The topological polar surface area (TPSA) is 48.5 Å². The number of nitrogens with zero attached hydrogens (tertiary/aromatic N) is 3. The van der Waals surface area contributed by atoms with E-state index < -0.39 is 0 Å². The summed E-state index contributed by atoms with van der Waals surface area (Å²) in [6.07, 6.45) is 2.74. The molecule has 2 heterocycles. The monoisotopic (exact) mass is 338 g/mol. The molecule has 3 rings (SSSR count). The van der Waals surface area contributed by atoms with Crippen molar-refractivity contribution in [3.8, 4) is 0 Å². The van der Waals surface area contributed by atoms with Crippen LogP contribution < -0.4 is 5.32 Å². The predicted molar refractivity (Wildman–Crippen MR) is 101 cm³/mol. The predicted octanol–water partition coefficient (Wildman–Crippen LogP) is 2.86. The summed E-state index contributed by atoms with van der Waals surface area (Å²) in [7, 11) is 0. The van der Waals surface area contributed by atoms with Gasteiger partial charge in [-0.25, -0.2) is 4.98 Å². The number of rotatable bonds is 6. The summed E-state index contributed by atoms with van der Waals surface area (Å²) in [6.45, 7) is 7.28.